The Morgan fingerprint density at radius 2 is 1.94 bits per heavy atom. The van der Waals surface area contributed by atoms with Crippen LogP contribution in [0.1, 0.15) is 11.4 Å². The zero-order valence-electron chi connectivity index (χ0n) is 9.46. The maximum Gasteiger partial charge on any atom is 0.183 e. The van der Waals surface area contributed by atoms with Crippen LogP contribution in [0.25, 0.3) is 11.2 Å². The summed E-state index contributed by atoms with van der Waals surface area (Å²) in [4.78, 5) is 16.6. The lowest BCUT2D eigenvalue weighted by Crippen LogP contribution is -2.01. The molecule has 6 heteroatoms. The van der Waals surface area contributed by atoms with E-state index < -0.39 is 0 Å². The highest BCUT2D eigenvalue weighted by Gasteiger charge is 2.07. The second kappa shape index (κ2) is 4.30. The van der Waals surface area contributed by atoms with Gasteiger partial charge in [-0.2, -0.15) is 0 Å². The van der Waals surface area contributed by atoms with Gasteiger partial charge in [0.2, 0.25) is 0 Å². The van der Waals surface area contributed by atoms with Gasteiger partial charge in [0, 0.05) is 11.3 Å². The number of H-pyrrole nitrogens is 1. The summed E-state index contributed by atoms with van der Waals surface area (Å²) in [5.74, 6) is 1.09. The smallest absolute Gasteiger partial charge is 0.183 e. The van der Waals surface area contributed by atoms with Crippen LogP contribution < -0.4 is 5.73 Å². The van der Waals surface area contributed by atoms with Gasteiger partial charge in [-0.1, -0.05) is 12.1 Å². The van der Waals surface area contributed by atoms with E-state index in [9.17, 15) is 0 Å². The molecule has 5 nitrogen and oxygen atoms in total. The molecule has 0 aliphatic heterocycles. The number of nitrogens with one attached hydrogen (secondary N) is 1. The number of rotatable bonds is 2. The monoisotopic (exact) mass is 257 g/mol. The molecule has 0 fully saturated rings. The summed E-state index contributed by atoms with van der Waals surface area (Å²) in [7, 11) is 0. The summed E-state index contributed by atoms with van der Waals surface area (Å²) in [6, 6.07) is 7.87. The predicted octanol–water partition coefficient (Wildman–Crippen LogP) is 1.81. The molecule has 3 aromatic rings. The van der Waals surface area contributed by atoms with E-state index >= 15 is 0 Å². The Labute approximate surface area is 109 Å². The molecule has 0 atom stereocenters. The normalized spacial score (nSPS) is 10.9. The fraction of sp³-hybridized carbons (Fsp3) is 0.0833. The van der Waals surface area contributed by atoms with E-state index in [4.69, 9.17) is 5.73 Å². The quantitative estimate of drug-likeness (QED) is 0.612. The van der Waals surface area contributed by atoms with Crippen LogP contribution in [0.5, 0.6) is 0 Å². The second-order valence-corrected chi connectivity index (χ2v) is 4.49. The summed E-state index contributed by atoms with van der Waals surface area (Å²) < 4.78 is 0. The number of imidazole rings is 1. The third kappa shape index (κ3) is 2.02. The van der Waals surface area contributed by atoms with Crippen molar-refractivity contribution in [3.8, 4) is 0 Å². The van der Waals surface area contributed by atoms with E-state index in [0.29, 0.717) is 29.2 Å². The number of fused-ring (bicyclic) bond motifs is 1. The highest BCUT2D eigenvalue weighted by Crippen LogP contribution is 2.15. The summed E-state index contributed by atoms with van der Waals surface area (Å²) in [6.07, 6.45) is 2.19. The highest BCUT2D eigenvalue weighted by molar-refractivity contribution is 7.80. The third-order valence-corrected chi connectivity index (χ3v) is 2.96. The van der Waals surface area contributed by atoms with Crippen molar-refractivity contribution in [2.45, 2.75) is 11.3 Å². The van der Waals surface area contributed by atoms with Crippen LogP contribution in [0, 0.1) is 0 Å². The minimum absolute atomic E-state index is 0.429. The van der Waals surface area contributed by atoms with Crippen molar-refractivity contribution in [3.63, 3.8) is 0 Å². The van der Waals surface area contributed by atoms with Crippen molar-refractivity contribution in [2.24, 2.45) is 0 Å². The highest BCUT2D eigenvalue weighted by atomic mass is 32.1. The van der Waals surface area contributed by atoms with E-state index in [1.807, 2.05) is 24.3 Å². The Morgan fingerprint density at radius 1 is 1.17 bits per heavy atom. The number of hydrogen-bond acceptors (Lipinski definition) is 5. The maximum atomic E-state index is 5.84. The Kier molecular flexibility index (Phi) is 2.64. The molecule has 0 radical (unpaired) electrons. The van der Waals surface area contributed by atoms with E-state index in [0.717, 1.165) is 10.5 Å². The number of nitrogens with zero attached hydrogens (tertiary/aromatic N) is 3. The van der Waals surface area contributed by atoms with Gasteiger partial charge in [0.15, 0.2) is 11.5 Å². The van der Waals surface area contributed by atoms with Gasteiger partial charge in [0.25, 0.3) is 0 Å². The minimum atomic E-state index is 0.429. The molecule has 0 aliphatic rings. The average Bonchev–Trinajstić information content (AvgIpc) is 2.81. The Hall–Kier alpha value is -2.08. The Morgan fingerprint density at radius 3 is 2.72 bits per heavy atom. The number of anilines is 1. The van der Waals surface area contributed by atoms with Crippen molar-refractivity contribution in [3.05, 3.63) is 42.0 Å². The lowest BCUT2D eigenvalue weighted by molar-refractivity contribution is 0.990. The lowest BCUT2D eigenvalue weighted by atomic mass is 10.1. The largest absolute Gasteiger partial charge is 0.382 e. The number of benzene rings is 1. The molecular formula is C12H11N5S. The summed E-state index contributed by atoms with van der Waals surface area (Å²) in [6.45, 7) is 0. The fourth-order valence-corrected chi connectivity index (χ4v) is 1.93. The molecule has 0 unspecified atom stereocenters. The van der Waals surface area contributed by atoms with Gasteiger partial charge in [-0.05, 0) is 17.7 Å². The van der Waals surface area contributed by atoms with E-state index in [1.54, 1.807) is 6.33 Å². The topological polar surface area (TPSA) is 80.5 Å². The molecule has 0 amide bonds. The number of nitrogens with two attached hydrogens (primary N) is 1. The summed E-state index contributed by atoms with van der Waals surface area (Å²) in [5, 5.41) is 0. The fourth-order valence-electron chi connectivity index (χ4n) is 1.78. The summed E-state index contributed by atoms with van der Waals surface area (Å²) >= 11 is 4.25. The van der Waals surface area contributed by atoms with Gasteiger partial charge >= 0.3 is 0 Å². The van der Waals surface area contributed by atoms with Crippen molar-refractivity contribution in [2.75, 3.05) is 5.73 Å². The molecular weight excluding hydrogens is 246 g/mol. The first-order chi connectivity index (χ1) is 8.72. The Balaban J connectivity index is 1.97. The molecule has 90 valence electrons. The van der Waals surface area contributed by atoms with Gasteiger partial charge in [0.1, 0.15) is 11.3 Å². The molecule has 3 N–H and O–H groups in total. The van der Waals surface area contributed by atoms with Crippen LogP contribution in [0.3, 0.4) is 0 Å². The first-order valence-corrected chi connectivity index (χ1v) is 5.90. The van der Waals surface area contributed by atoms with Crippen LogP contribution in [-0.4, -0.2) is 19.9 Å². The van der Waals surface area contributed by atoms with Gasteiger partial charge in [-0.25, -0.2) is 15.0 Å². The molecule has 0 bridgehead atoms. The number of nitrogen functional groups attached to an aromatic ring is 1. The van der Waals surface area contributed by atoms with E-state index in [-0.39, 0.29) is 0 Å². The Bertz CT molecular complexity index is 689. The van der Waals surface area contributed by atoms with Gasteiger partial charge in [0.05, 0.1) is 6.33 Å². The SMILES string of the molecule is Nc1nc(Cc2ccc(S)cc2)nc2nc[nH]c12. The number of thiol groups is 1. The van der Waals surface area contributed by atoms with Crippen molar-refractivity contribution < 1.29 is 0 Å². The van der Waals surface area contributed by atoms with Crippen LogP contribution in [0.15, 0.2) is 35.5 Å². The van der Waals surface area contributed by atoms with E-state index in [2.05, 4.69) is 32.6 Å². The summed E-state index contributed by atoms with van der Waals surface area (Å²) in [5.41, 5.74) is 8.24. The maximum absolute atomic E-state index is 5.84. The standard InChI is InChI=1S/C12H11N5S/c13-11-10-12(15-6-14-10)17-9(16-11)5-7-1-3-8(18)4-2-7/h1-4,6,18H,5H2,(H3,13,14,15,16,17). The van der Waals surface area contributed by atoms with Gasteiger partial charge < -0.3 is 10.7 Å². The number of aromatic amines is 1. The first kappa shape index (κ1) is 11.0. The number of hydrogen-bond donors (Lipinski definition) is 3. The van der Waals surface area contributed by atoms with Crippen LogP contribution in [0.4, 0.5) is 5.82 Å². The lowest BCUT2D eigenvalue weighted by Gasteiger charge is -2.02. The predicted molar refractivity (Wildman–Crippen MR) is 72.6 cm³/mol. The molecule has 2 heterocycles. The average molecular weight is 257 g/mol. The van der Waals surface area contributed by atoms with Crippen LogP contribution in [0.2, 0.25) is 0 Å². The number of aromatic nitrogens is 4. The molecule has 2 aromatic heterocycles. The third-order valence-electron chi connectivity index (χ3n) is 2.66. The first-order valence-electron chi connectivity index (χ1n) is 5.46. The van der Waals surface area contributed by atoms with Crippen molar-refractivity contribution in [1.82, 2.24) is 19.9 Å². The van der Waals surface area contributed by atoms with Gasteiger partial charge in [-0.3, -0.25) is 0 Å². The molecule has 18 heavy (non-hydrogen) atoms. The molecule has 0 aliphatic carbocycles. The minimum Gasteiger partial charge on any atom is -0.382 e. The second-order valence-electron chi connectivity index (χ2n) is 3.97. The van der Waals surface area contributed by atoms with Crippen LogP contribution in [-0.2, 0) is 6.42 Å². The zero-order valence-corrected chi connectivity index (χ0v) is 10.4. The molecule has 0 spiro atoms. The van der Waals surface area contributed by atoms with Crippen molar-refractivity contribution >= 4 is 29.6 Å². The molecule has 3 rings (SSSR count). The van der Waals surface area contributed by atoms with Crippen molar-refractivity contribution in [1.29, 1.82) is 0 Å². The molecule has 0 saturated heterocycles. The molecule has 0 saturated carbocycles. The van der Waals surface area contributed by atoms with Crippen LogP contribution >= 0.6 is 12.6 Å². The zero-order chi connectivity index (χ0) is 12.5. The van der Waals surface area contributed by atoms with Gasteiger partial charge in [-0.15, -0.1) is 12.6 Å². The molecule has 1 aromatic carbocycles. The van der Waals surface area contributed by atoms with E-state index in [1.165, 1.54) is 0 Å².